The molecule has 0 amide bonds. The van der Waals surface area contributed by atoms with Crippen molar-refractivity contribution in [2.24, 2.45) is 0 Å². The van der Waals surface area contributed by atoms with E-state index in [-0.39, 0.29) is 5.95 Å². The molecule has 5 nitrogen and oxygen atoms in total. The van der Waals surface area contributed by atoms with Crippen molar-refractivity contribution in [3.05, 3.63) is 5.89 Å². The van der Waals surface area contributed by atoms with Crippen LogP contribution in [0.25, 0.3) is 0 Å². The standard InChI is InChI=1S/C8H14N4O/c1-5-4-6(2-3-10-5)7-11-8(9)12-13-7/h5-6,10H,2-4H2,1H3,(H2,9,12). The Bertz CT molecular complexity index is 285. The summed E-state index contributed by atoms with van der Waals surface area (Å²) in [5.41, 5.74) is 5.39. The van der Waals surface area contributed by atoms with E-state index < -0.39 is 0 Å². The average Bonchev–Trinajstić information content (AvgIpc) is 2.52. The van der Waals surface area contributed by atoms with Gasteiger partial charge in [0.2, 0.25) is 5.89 Å². The average molecular weight is 182 g/mol. The van der Waals surface area contributed by atoms with Crippen LogP contribution in [0.4, 0.5) is 5.95 Å². The Hall–Kier alpha value is -1.10. The molecule has 0 saturated carbocycles. The van der Waals surface area contributed by atoms with Gasteiger partial charge in [-0.05, 0) is 31.5 Å². The van der Waals surface area contributed by atoms with Gasteiger partial charge in [-0.1, -0.05) is 0 Å². The monoisotopic (exact) mass is 182 g/mol. The highest BCUT2D eigenvalue weighted by Gasteiger charge is 2.24. The molecule has 1 aliphatic rings. The van der Waals surface area contributed by atoms with Crippen molar-refractivity contribution in [1.82, 2.24) is 15.5 Å². The number of nitrogens with two attached hydrogens (primary N) is 1. The van der Waals surface area contributed by atoms with Crippen LogP contribution in [0.1, 0.15) is 31.6 Å². The molecule has 0 spiro atoms. The van der Waals surface area contributed by atoms with E-state index in [0.717, 1.165) is 19.4 Å². The van der Waals surface area contributed by atoms with E-state index in [1.807, 2.05) is 0 Å². The molecule has 72 valence electrons. The van der Waals surface area contributed by atoms with E-state index in [9.17, 15) is 0 Å². The van der Waals surface area contributed by atoms with E-state index in [0.29, 0.717) is 17.9 Å². The van der Waals surface area contributed by atoms with Crippen molar-refractivity contribution in [1.29, 1.82) is 0 Å². The first-order valence-corrected chi connectivity index (χ1v) is 4.58. The molecule has 5 heteroatoms. The van der Waals surface area contributed by atoms with Crippen LogP contribution in [0.3, 0.4) is 0 Å². The summed E-state index contributed by atoms with van der Waals surface area (Å²) in [6, 6.07) is 0.520. The lowest BCUT2D eigenvalue weighted by atomic mass is 9.93. The molecule has 1 aliphatic heterocycles. The zero-order valence-corrected chi connectivity index (χ0v) is 7.66. The van der Waals surface area contributed by atoms with Crippen molar-refractivity contribution < 1.29 is 4.52 Å². The molecule has 13 heavy (non-hydrogen) atoms. The summed E-state index contributed by atoms with van der Waals surface area (Å²) in [6.45, 7) is 3.17. The van der Waals surface area contributed by atoms with Gasteiger partial charge in [-0.25, -0.2) is 0 Å². The molecule has 1 aromatic rings. The number of rotatable bonds is 1. The predicted octanol–water partition coefficient (Wildman–Crippen LogP) is 0.507. The third-order valence-corrected chi connectivity index (χ3v) is 2.43. The molecule has 0 aliphatic carbocycles. The molecule has 1 aromatic heterocycles. The summed E-state index contributed by atoms with van der Waals surface area (Å²) < 4.78 is 5.04. The smallest absolute Gasteiger partial charge is 0.260 e. The summed E-state index contributed by atoms with van der Waals surface area (Å²) in [7, 11) is 0. The van der Waals surface area contributed by atoms with Crippen LogP contribution in [0.15, 0.2) is 4.52 Å². The topological polar surface area (TPSA) is 77.0 Å². The number of piperidine rings is 1. The van der Waals surface area contributed by atoms with Crippen LogP contribution in [-0.2, 0) is 0 Å². The minimum Gasteiger partial charge on any atom is -0.365 e. The summed E-state index contributed by atoms with van der Waals surface area (Å²) in [6.07, 6.45) is 2.09. The fraction of sp³-hybridized carbons (Fsp3) is 0.750. The van der Waals surface area contributed by atoms with Crippen molar-refractivity contribution in [3.8, 4) is 0 Å². The number of anilines is 1. The van der Waals surface area contributed by atoms with Gasteiger partial charge in [0, 0.05) is 12.0 Å². The van der Waals surface area contributed by atoms with Gasteiger partial charge in [-0.15, -0.1) is 0 Å². The van der Waals surface area contributed by atoms with Crippen LogP contribution in [0.2, 0.25) is 0 Å². The van der Waals surface area contributed by atoms with Crippen molar-refractivity contribution in [3.63, 3.8) is 0 Å². The normalized spacial score (nSPS) is 29.0. The van der Waals surface area contributed by atoms with E-state index >= 15 is 0 Å². The van der Waals surface area contributed by atoms with Crippen molar-refractivity contribution >= 4 is 5.95 Å². The second kappa shape index (κ2) is 3.33. The Kier molecular flexibility index (Phi) is 2.18. The minimum absolute atomic E-state index is 0.237. The maximum atomic E-state index is 5.39. The minimum atomic E-state index is 0.237. The summed E-state index contributed by atoms with van der Waals surface area (Å²) in [5, 5.41) is 6.96. The lowest BCUT2D eigenvalue weighted by molar-refractivity contribution is 0.296. The van der Waals surface area contributed by atoms with Gasteiger partial charge >= 0.3 is 0 Å². The largest absolute Gasteiger partial charge is 0.365 e. The maximum Gasteiger partial charge on any atom is 0.260 e. The van der Waals surface area contributed by atoms with E-state index in [1.54, 1.807) is 0 Å². The molecule has 1 saturated heterocycles. The Labute approximate surface area is 76.7 Å². The zero-order chi connectivity index (χ0) is 9.26. The van der Waals surface area contributed by atoms with E-state index in [1.165, 1.54) is 0 Å². The molecule has 1 fully saturated rings. The number of nitrogens with zero attached hydrogens (tertiary/aromatic N) is 2. The number of hydrogen-bond acceptors (Lipinski definition) is 5. The van der Waals surface area contributed by atoms with Gasteiger partial charge in [0.05, 0.1) is 0 Å². The van der Waals surface area contributed by atoms with E-state index in [2.05, 4.69) is 22.4 Å². The SMILES string of the molecule is CC1CC(c2nc(N)no2)CCN1. The Balaban J connectivity index is 2.08. The number of nitrogens with one attached hydrogen (secondary N) is 1. The number of aromatic nitrogens is 2. The summed E-state index contributed by atoms with van der Waals surface area (Å²) in [5.74, 6) is 1.30. The predicted molar refractivity (Wildman–Crippen MR) is 48.2 cm³/mol. The maximum absolute atomic E-state index is 5.39. The highest BCUT2D eigenvalue weighted by atomic mass is 16.5. The summed E-state index contributed by atoms with van der Waals surface area (Å²) in [4.78, 5) is 4.04. The Morgan fingerprint density at radius 2 is 2.46 bits per heavy atom. The van der Waals surface area contributed by atoms with Gasteiger partial charge in [0.15, 0.2) is 0 Å². The second-order valence-corrected chi connectivity index (χ2v) is 3.57. The van der Waals surface area contributed by atoms with Gasteiger partial charge in [-0.3, -0.25) is 0 Å². The third kappa shape index (κ3) is 1.80. The van der Waals surface area contributed by atoms with Gasteiger partial charge in [0.1, 0.15) is 0 Å². The first kappa shape index (κ1) is 8.50. The fourth-order valence-electron chi connectivity index (χ4n) is 1.77. The molecule has 0 bridgehead atoms. The van der Waals surface area contributed by atoms with Crippen LogP contribution in [0.5, 0.6) is 0 Å². The van der Waals surface area contributed by atoms with Crippen LogP contribution in [0, 0.1) is 0 Å². The first-order valence-electron chi connectivity index (χ1n) is 4.58. The molecular formula is C8H14N4O. The molecule has 3 N–H and O–H groups in total. The number of nitrogen functional groups attached to an aromatic ring is 1. The third-order valence-electron chi connectivity index (χ3n) is 2.43. The van der Waals surface area contributed by atoms with Crippen LogP contribution < -0.4 is 11.1 Å². The Morgan fingerprint density at radius 3 is 3.08 bits per heavy atom. The Morgan fingerprint density at radius 1 is 1.62 bits per heavy atom. The molecule has 2 atom stereocenters. The lowest BCUT2D eigenvalue weighted by Gasteiger charge is -2.25. The second-order valence-electron chi connectivity index (χ2n) is 3.57. The molecule has 0 radical (unpaired) electrons. The molecule has 2 heterocycles. The summed E-state index contributed by atoms with van der Waals surface area (Å²) >= 11 is 0. The molecule has 2 unspecified atom stereocenters. The highest BCUT2D eigenvalue weighted by Crippen LogP contribution is 2.26. The molecule has 2 rings (SSSR count). The van der Waals surface area contributed by atoms with E-state index in [4.69, 9.17) is 10.3 Å². The first-order chi connectivity index (χ1) is 6.25. The highest BCUT2D eigenvalue weighted by molar-refractivity contribution is 5.12. The van der Waals surface area contributed by atoms with Crippen LogP contribution >= 0.6 is 0 Å². The zero-order valence-electron chi connectivity index (χ0n) is 7.66. The van der Waals surface area contributed by atoms with Gasteiger partial charge in [0.25, 0.3) is 5.95 Å². The fourth-order valence-corrected chi connectivity index (χ4v) is 1.77. The van der Waals surface area contributed by atoms with Crippen molar-refractivity contribution in [2.45, 2.75) is 31.7 Å². The molecule has 0 aromatic carbocycles. The van der Waals surface area contributed by atoms with Gasteiger partial charge in [-0.2, -0.15) is 4.98 Å². The quantitative estimate of drug-likeness (QED) is 0.661. The lowest BCUT2D eigenvalue weighted by Crippen LogP contribution is -2.34. The van der Waals surface area contributed by atoms with Crippen LogP contribution in [-0.4, -0.2) is 22.7 Å². The molecular weight excluding hydrogens is 168 g/mol. The number of hydrogen-bond donors (Lipinski definition) is 2. The van der Waals surface area contributed by atoms with Gasteiger partial charge < -0.3 is 15.6 Å². The van der Waals surface area contributed by atoms with Crippen molar-refractivity contribution in [2.75, 3.05) is 12.3 Å².